The Morgan fingerprint density at radius 3 is 2.64 bits per heavy atom. The molecule has 33 heavy (non-hydrogen) atoms. The molecule has 0 aliphatic heterocycles. The third kappa shape index (κ3) is 4.79. The summed E-state index contributed by atoms with van der Waals surface area (Å²) in [6.45, 7) is 1.43. The molecular formula is C25H26N2O6. The fourth-order valence-corrected chi connectivity index (χ4v) is 4.51. The van der Waals surface area contributed by atoms with Crippen LogP contribution in [0, 0.1) is 0 Å². The van der Waals surface area contributed by atoms with E-state index < -0.39 is 12.0 Å². The monoisotopic (exact) mass is 450 g/mol. The van der Waals surface area contributed by atoms with Crippen molar-refractivity contribution in [1.29, 1.82) is 0 Å². The summed E-state index contributed by atoms with van der Waals surface area (Å²) >= 11 is 0. The number of ketones is 2. The Hall–Kier alpha value is -3.55. The van der Waals surface area contributed by atoms with Gasteiger partial charge in [0.05, 0.1) is 22.5 Å². The van der Waals surface area contributed by atoms with E-state index in [2.05, 4.69) is 10.1 Å². The van der Waals surface area contributed by atoms with E-state index in [9.17, 15) is 19.5 Å². The number of aromatic nitrogens is 1. The molecule has 0 radical (unpaired) electrons. The number of hydrogen-bond acceptors (Lipinski definition) is 7. The molecule has 0 saturated heterocycles. The Bertz CT molecular complexity index is 1140. The second-order valence-electron chi connectivity index (χ2n) is 8.55. The molecule has 1 saturated carbocycles. The number of carboxylic acids is 1. The highest BCUT2D eigenvalue weighted by molar-refractivity contribution is 6.24. The third-order valence-electron chi connectivity index (χ3n) is 6.23. The topological polar surface area (TPSA) is 130 Å². The normalized spacial score (nSPS) is 22.2. The number of allylic oxidation sites excluding steroid dienone is 2. The van der Waals surface area contributed by atoms with E-state index in [1.165, 1.54) is 6.92 Å². The molecule has 1 fully saturated rings. The lowest BCUT2D eigenvalue weighted by atomic mass is 9.81. The van der Waals surface area contributed by atoms with Crippen molar-refractivity contribution in [2.75, 3.05) is 0 Å². The van der Waals surface area contributed by atoms with Crippen molar-refractivity contribution in [2.24, 2.45) is 4.99 Å². The van der Waals surface area contributed by atoms with Gasteiger partial charge in [0.25, 0.3) is 0 Å². The lowest BCUT2D eigenvalue weighted by Gasteiger charge is -2.20. The SMILES string of the molecule is CC(N=C1CCCC(=O)/C1=C(/O)CCc1noc2c1C(=O)CC(c1ccccc1)C2)C(=O)O. The molecular weight excluding hydrogens is 424 g/mol. The number of aliphatic carboxylic acids is 1. The summed E-state index contributed by atoms with van der Waals surface area (Å²) in [7, 11) is 0. The van der Waals surface area contributed by atoms with E-state index in [1.807, 2.05) is 30.3 Å². The van der Waals surface area contributed by atoms with Gasteiger partial charge in [-0.3, -0.25) is 14.6 Å². The highest BCUT2D eigenvalue weighted by Gasteiger charge is 2.33. The minimum atomic E-state index is -1.10. The summed E-state index contributed by atoms with van der Waals surface area (Å²) in [5.41, 5.74) is 2.44. The average molecular weight is 450 g/mol. The van der Waals surface area contributed by atoms with Crippen LogP contribution >= 0.6 is 0 Å². The largest absolute Gasteiger partial charge is 0.511 e. The van der Waals surface area contributed by atoms with Crippen molar-refractivity contribution in [3.8, 4) is 0 Å². The zero-order valence-corrected chi connectivity index (χ0v) is 18.4. The van der Waals surface area contributed by atoms with Crippen LogP contribution in [0.3, 0.4) is 0 Å². The van der Waals surface area contributed by atoms with Gasteiger partial charge in [-0.15, -0.1) is 0 Å². The number of carboxylic acid groups (broad SMARTS) is 1. The van der Waals surface area contributed by atoms with E-state index in [4.69, 9.17) is 9.63 Å². The minimum Gasteiger partial charge on any atom is -0.511 e. The molecule has 1 aromatic carbocycles. The molecule has 2 atom stereocenters. The van der Waals surface area contributed by atoms with Gasteiger partial charge in [0.2, 0.25) is 0 Å². The molecule has 0 bridgehead atoms. The second-order valence-corrected chi connectivity index (χ2v) is 8.55. The number of fused-ring (bicyclic) bond motifs is 1. The Morgan fingerprint density at radius 1 is 1.15 bits per heavy atom. The van der Waals surface area contributed by atoms with Crippen LogP contribution in [-0.4, -0.2) is 44.7 Å². The van der Waals surface area contributed by atoms with Crippen LogP contribution in [0.4, 0.5) is 0 Å². The fraction of sp³-hybridized carbons (Fsp3) is 0.400. The number of carbonyl (C=O) groups excluding carboxylic acids is 2. The molecule has 1 heterocycles. The van der Waals surface area contributed by atoms with Gasteiger partial charge in [0, 0.05) is 32.1 Å². The number of nitrogens with zero attached hydrogens (tertiary/aromatic N) is 2. The van der Waals surface area contributed by atoms with Crippen LogP contribution in [0.2, 0.25) is 0 Å². The number of aliphatic hydroxyl groups excluding tert-OH is 1. The lowest BCUT2D eigenvalue weighted by molar-refractivity contribution is -0.138. The van der Waals surface area contributed by atoms with E-state index in [0.29, 0.717) is 48.4 Å². The minimum absolute atomic E-state index is 0.0392. The number of carbonyl (C=O) groups is 3. The van der Waals surface area contributed by atoms with Crippen LogP contribution in [0.5, 0.6) is 0 Å². The first-order chi connectivity index (χ1) is 15.8. The van der Waals surface area contributed by atoms with Gasteiger partial charge in [-0.2, -0.15) is 0 Å². The average Bonchev–Trinajstić information content (AvgIpc) is 3.21. The number of aliphatic imine (C=N–C) groups is 1. The molecule has 0 spiro atoms. The zero-order chi connectivity index (χ0) is 23.5. The Morgan fingerprint density at radius 2 is 1.91 bits per heavy atom. The van der Waals surface area contributed by atoms with Crippen molar-refractivity contribution in [3.05, 3.63) is 64.2 Å². The first kappa shape index (κ1) is 22.6. The molecule has 4 rings (SSSR count). The summed E-state index contributed by atoms with van der Waals surface area (Å²) in [6, 6.07) is 8.80. The van der Waals surface area contributed by atoms with Gasteiger partial charge in [0.15, 0.2) is 11.6 Å². The molecule has 2 N–H and O–H groups in total. The number of hydrogen-bond donors (Lipinski definition) is 2. The van der Waals surface area contributed by atoms with Crippen molar-refractivity contribution in [1.82, 2.24) is 5.16 Å². The van der Waals surface area contributed by atoms with Gasteiger partial charge in [-0.05, 0) is 31.2 Å². The third-order valence-corrected chi connectivity index (χ3v) is 6.23. The number of benzene rings is 1. The van der Waals surface area contributed by atoms with E-state index in [0.717, 1.165) is 5.56 Å². The summed E-state index contributed by atoms with van der Waals surface area (Å²) in [6.07, 6.45) is 2.52. The number of aryl methyl sites for hydroxylation is 1. The zero-order valence-electron chi connectivity index (χ0n) is 18.4. The Balaban J connectivity index is 1.53. The van der Waals surface area contributed by atoms with Crippen molar-refractivity contribution in [2.45, 2.75) is 63.8 Å². The van der Waals surface area contributed by atoms with Crippen LogP contribution in [-0.2, 0) is 22.4 Å². The molecule has 172 valence electrons. The molecule has 2 aromatic rings. The quantitative estimate of drug-likeness (QED) is 0.502. The molecule has 2 aliphatic rings. The predicted octanol–water partition coefficient (Wildman–Crippen LogP) is 4.00. The molecule has 0 amide bonds. The molecule has 2 unspecified atom stereocenters. The van der Waals surface area contributed by atoms with Crippen LogP contribution in [0.15, 0.2) is 51.2 Å². The first-order valence-electron chi connectivity index (χ1n) is 11.2. The van der Waals surface area contributed by atoms with Crippen molar-refractivity contribution in [3.63, 3.8) is 0 Å². The maximum atomic E-state index is 12.9. The van der Waals surface area contributed by atoms with Gasteiger partial charge in [0.1, 0.15) is 17.6 Å². The Labute approximate surface area is 191 Å². The smallest absolute Gasteiger partial charge is 0.328 e. The van der Waals surface area contributed by atoms with Crippen molar-refractivity contribution < 1.29 is 29.1 Å². The standard InChI is InChI=1S/C25H26N2O6/c1-14(25(31)32)26-17-8-5-9-19(28)23(17)20(29)11-10-18-24-21(30)12-16(13-22(24)33-27-18)15-6-3-2-4-7-15/h2-4,6-7,14,16,29H,5,8-13H2,1H3,(H,31,32)/b23-20+,26-17?. The fourth-order valence-electron chi connectivity index (χ4n) is 4.51. The number of Topliss-reactive ketones (excluding diaryl/α,β-unsaturated/α-hetero) is 2. The first-order valence-corrected chi connectivity index (χ1v) is 11.2. The van der Waals surface area contributed by atoms with Crippen molar-refractivity contribution >= 4 is 23.2 Å². The maximum Gasteiger partial charge on any atom is 0.328 e. The number of rotatable bonds is 6. The predicted molar refractivity (Wildman–Crippen MR) is 120 cm³/mol. The summed E-state index contributed by atoms with van der Waals surface area (Å²) in [4.78, 5) is 40.7. The summed E-state index contributed by atoms with van der Waals surface area (Å²) in [5, 5.41) is 23.9. The molecule has 1 aromatic heterocycles. The number of aliphatic hydroxyl groups is 1. The highest BCUT2D eigenvalue weighted by Crippen LogP contribution is 2.35. The van der Waals surface area contributed by atoms with Gasteiger partial charge >= 0.3 is 5.97 Å². The molecule has 8 heteroatoms. The maximum absolute atomic E-state index is 12.9. The lowest BCUT2D eigenvalue weighted by Crippen LogP contribution is -2.25. The van der Waals surface area contributed by atoms with E-state index in [-0.39, 0.29) is 48.1 Å². The van der Waals surface area contributed by atoms with E-state index >= 15 is 0 Å². The summed E-state index contributed by atoms with van der Waals surface area (Å²) < 4.78 is 5.48. The van der Waals surface area contributed by atoms with Gasteiger partial charge in [-0.1, -0.05) is 35.5 Å². The van der Waals surface area contributed by atoms with E-state index in [1.54, 1.807) is 0 Å². The van der Waals surface area contributed by atoms with Gasteiger partial charge < -0.3 is 14.7 Å². The van der Waals surface area contributed by atoms with Crippen LogP contribution in [0.25, 0.3) is 0 Å². The van der Waals surface area contributed by atoms with Crippen LogP contribution < -0.4 is 0 Å². The Kier molecular flexibility index (Phi) is 6.53. The molecule has 8 nitrogen and oxygen atoms in total. The second kappa shape index (κ2) is 9.52. The molecule has 2 aliphatic carbocycles. The van der Waals surface area contributed by atoms with Gasteiger partial charge in [-0.25, -0.2) is 4.79 Å². The highest BCUT2D eigenvalue weighted by atomic mass is 16.5. The van der Waals surface area contributed by atoms with Crippen LogP contribution in [0.1, 0.15) is 72.3 Å². The summed E-state index contributed by atoms with van der Waals surface area (Å²) in [5.74, 6) is -0.955.